The summed E-state index contributed by atoms with van der Waals surface area (Å²) in [6.07, 6.45) is 3.58. The number of ether oxygens (including phenoxy) is 1. The van der Waals surface area contributed by atoms with E-state index in [-0.39, 0.29) is 22.9 Å². The van der Waals surface area contributed by atoms with Crippen LogP contribution in [0.4, 0.5) is 4.39 Å². The lowest BCUT2D eigenvalue weighted by molar-refractivity contribution is -0.133. The SMILES string of the molecule is O=C(CC[C@@H]1CCCO1)N1CCN(C(=O)c2ccc(F)cc2Cl)CC1. The van der Waals surface area contributed by atoms with E-state index in [0.717, 1.165) is 31.9 Å². The summed E-state index contributed by atoms with van der Waals surface area (Å²) in [5.41, 5.74) is 0.293. The van der Waals surface area contributed by atoms with Gasteiger partial charge in [0.2, 0.25) is 5.91 Å². The highest BCUT2D eigenvalue weighted by molar-refractivity contribution is 6.33. The smallest absolute Gasteiger partial charge is 0.255 e. The van der Waals surface area contributed by atoms with Crippen molar-refractivity contribution in [2.45, 2.75) is 31.8 Å². The Hall–Kier alpha value is -1.66. The van der Waals surface area contributed by atoms with E-state index in [1.807, 2.05) is 0 Å². The number of amides is 2. The summed E-state index contributed by atoms with van der Waals surface area (Å²) in [4.78, 5) is 28.3. The van der Waals surface area contributed by atoms with Gasteiger partial charge in [0, 0.05) is 39.2 Å². The van der Waals surface area contributed by atoms with Gasteiger partial charge < -0.3 is 14.5 Å². The summed E-state index contributed by atoms with van der Waals surface area (Å²) in [6, 6.07) is 3.77. The summed E-state index contributed by atoms with van der Waals surface area (Å²) in [5, 5.41) is 0.111. The zero-order valence-electron chi connectivity index (χ0n) is 14.0. The van der Waals surface area contributed by atoms with Gasteiger partial charge in [0.1, 0.15) is 5.82 Å². The maximum Gasteiger partial charge on any atom is 0.255 e. The second-order valence-corrected chi connectivity index (χ2v) is 6.88. The van der Waals surface area contributed by atoms with E-state index in [4.69, 9.17) is 16.3 Å². The fourth-order valence-electron chi connectivity index (χ4n) is 3.31. The highest BCUT2D eigenvalue weighted by Crippen LogP contribution is 2.21. The number of hydrogen-bond donors (Lipinski definition) is 0. The molecule has 2 aliphatic rings. The van der Waals surface area contributed by atoms with E-state index >= 15 is 0 Å². The molecule has 3 rings (SSSR count). The molecule has 0 bridgehead atoms. The first-order chi connectivity index (χ1) is 12.0. The average Bonchev–Trinajstić information content (AvgIpc) is 3.13. The molecule has 0 N–H and O–H groups in total. The van der Waals surface area contributed by atoms with Crippen molar-refractivity contribution < 1.29 is 18.7 Å². The predicted molar refractivity (Wildman–Crippen MR) is 92.1 cm³/mol. The second-order valence-electron chi connectivity index (χ2n) is 6.47. The molecule has 1 aromatic rings. The number of piperazine rings is 1. The molecule has 7 heteroatoms. The third-order valence-electron chi connectivity index (χ3n) is 4.79. The second kappa shape index (κ2) is 8.15. The summed E-state index contributed by atoms with van der Waals surface area (Å²) in [5.74, 6) is -0.581. The van der Waals surface area contributed by atoms with Gasteiger partial charge in [0.25, 0.3) is 5.91 Å². The van der Waals surface area contributed by atoms with Crippen LogP contribution in [0.15, 0.2) is 18.2 Å². The van der Waals surface area contributed by atoms with Gasteiger partial charge >= 0.3 is 0 Å². The van der Waals surface area contributed by atoms with E-state index < -0.39 is 5.82 Å². The van der Waals surface area contributed by atoms with Gasteiger partial charge in [-0.05, 0) is 37.5 Å². The summed E-state index contributed by atoms with van der Waals surface area (Å²) in [6.45, 7) is 2.73. The van der Waals surface area contributed by atoms with Gasteiger partial charge in [-0.1, -0.05) is 11.6 Å². The number of benzene rings is 1. The average molecular weight is 369 g/mol. The Balaban J connectivity index is 1.49. The minimum Gasteiger partial charge on any atom is -0.378 e. The normalized spacial score (nSPS) is 20.8. The van der Waals surface area contributed by atoms with Crippen molar-refractivity contribution in [3.63, 3.8) is 0 Å². The highest BCUT2D eigenvalue weighted by Gasteiger charge is 2.26. The van der Waals surface area contributed by atoms with Gasteiger partial charge in [-0.15, -0.1) is 0 Å². The van der Waals surface area contributed by atoms with Crippen LogP contribution < -0.4 is 0 Å². The lowest BCUT2D eigenvalue weighted by atomic mass is 10.1. The zero-order valence-corrected chi connectivity index (χ0v) is 14.8. The minimum atomic E-state index is -0.469. The summed E-state index contributed by atoms with van der Waals surface area (Å²) >= 11 is 5.96. The molecule has 136 valence electrons. The molecule has 0 aromatic heterocycles. The van der Waals surface area contributed by atoms with Gasteiger partial charge in [0.15, 0.2) is 0 Å². The standard InChI is InChI=1S/C18H22ClFN2O3/c19-16-12-13(20)3-5-15(16)18(24)22-9-7-21(8-10-22)17(23)6-4-14-2-1-11-25-14/h3,5,12,14H,1-2,4,6-11H2/t14-/m0/s1. The molecule has 0 saturated carbocycles. The Morgan fingerprint density at radius 3 is 2.56 bits per heavy atom. The van der Waals surface area contributed by atoms with Crippen LogP contribution in [0.2, 0.25) is 5.02 Å². The molecule has 2 amide bonds. The molecule has 1 atom stereocenters. The molecule has 2 fully saturated rings. The van der Waals surface area contributed by atoms with Crippen LogP contribution in [0.1, 0.15) is 36.0 Å². The molecular formula is C18H22ClFN2O3. The Morgan fingerprint density at radius 2 is 1.92 bits per heavy atom. The van der Waals surface area contributed by atoms with Gasteiger partial charge in [0.05, 0.1) is 16.7 Å². The van der Waals surface area contributed by atoms with E-state index in [1.165, 1.54) is 12.1 Å². The van der Waals surface area contributed by atoms with Gasteiger partial charge in [-0.3, -0.25) is 9.59 Å². The van der Waals surface area contributed by atoms with Crippen LogP contribution in [0, 0.1) is 5.82 Å². The van der Waals surface area contributed by atoms with Gasteiger partial charge in [-0.25, -0.2) is 4.39 Å². The third-order valence-corrected chi connectivity index (χ3v) is 5.10. The zero-order chi connectivity index (χ0) is 17.8. The van der Waals surface area contributed by atoms with Crippen LogP contribution in [-0.2, 0) is 9.53 Å². The molecular weight excluding hydrogens is 347 g/mol. The van der Waals surface area contributed by atoms with Crippen LogP contribution in [-0.4, -0.2) is 60.5 Å². The minimum absolute atomic E-state index is 0.111. The topological polar surface area (TPSA) is 49.9 Å². The quantitative estimate of drug-likeness (QED) is 0.821. The van der Waals surface area contributed by atoms with Crippen LogP contribution in [0.25, 0.3) is 0 Å². The number of halogens is 2. The lowest BCUT2D eigenvalue weighted by Crippen LogP contribution is -2.50. The number of carbonyl (C=O) groups excluding carboxylic acids is 2. The largest absolute Gasteiger partial charge is 0.378 e. The van der Waals surface area contributed by atoms with E-state index in [1.54, 1.807) is 9.80 Å². The molecule has 1 aromatic carbocycles. The van der Waals surface area contributed by atoms with Crippen molar-refractivity contribution in [2.24, 2.45) is 0 Å². The molecule has 0 spiro atoms. The number of hydrogen-bond acceptors (Lipinski definition) is 3. The van der Waals surface area contributed by atoms with Crippen molar-refractivity contribution >= 4 is 23.4 Å². The molecule has 5 nitrogen and oxygen atoms in total. The summed E-state index contributed by atoms with van der Waals surface area (Å²) in [7, 11) is 0. The molecule has 0 radical (unpaired) electrons. The van der Waals surface area contributed by atoms with Crippen molar-refractivity contribution in [3.05, 3.63) is 34.6 Å². The van der Waals surface area contributed by atoms with E-state index in [9.17, 15) is 14.0 Å². The maximum atomic E-state index is 13.1. The fourth-order valence-corrected chi connectivity index (χ4v) is 3.55. The van der Waals surface area contributed by atoms with E-state index in [0.29, 0.717) is 38.2 Å². The van der Waals surface area contributed by atoms with Crippen molar-refractivity contribution in [1.82, 2.24) is 9.80 Å². The van der Waals surface area contributed by atoms with Crippen LogP contribution in [0.3, 0.4) is 0 Å². The summed E-state index contributed by atoms with van der Waals surface area (Å²) < 4.78 is 18.7. The molecule has 0 unspecified atom stereocenters. The lowest BCUT2D eigenvalue weighted by Gasteiger charge is -2.35. The molecule has 25 heavy (non-hydrogen) atoms. The molecule has 2 aliphatic heterocycles. The Bertz CT molecular complexity index is 641. The predicted octanol–water partition coefficient (Wildman–Crippen LogP) is 2.72. The van der Waals surface area contributed by atoms with Crippen LogP contribution >= 0.6 is 11.6 Å². The van der Waals surface area contributed by atoms with Crippen molar-refractivity contribution in [3.8, 4) is 0 Å². The molecule has 2 saturated heterocycles. The monoisotopic (exact) mass is 368 g/mol. The Kier molecular flexibility index (Phi) is 5.91. The van der Waals surface area contributed by atoms with Crippen molar-refractivity contribution in [2.75, 3.05) is 32.8 Å². The molecule has 2 heterocycles. The number of nitrogens with zero attached hydrogens (tertiary/aromatic N) is 2. The van der Waals surface area contributed by atoms with Gasteiger partial charge in [-0.2, -0.15) is 0 Å². The third kappa shape index (κ3) is 4.50. The molecule has 0 aliphatic carbocycles. The Labute approximate surface area is 151 Å². The fraction of sp³-hybridized carbons (Fsp3) is 0.556. The number of rotatable bonds is 4. The first-order valence-corrected chi connectivity index (χ1v) is 9.06. The highest BCUT2D eigenvalue weighted by atomic mass is 35.5. The van der Waals surface area contributed by atoms with Crippen LogP contribution in [0.5, 0.6) is 0 Å². The Morgan fingerprint density at radius 1 is 1.20 bits per heavy atom. The first-order valence-electron chi connectivity index (χ1n) is 8.68. The number of carbonyl (C=O) groups is 2. The first kappa shape index (κ1) is 18.1. The van der Waals surface area contributed by atoms with E-state index in [2.05, 4.69) is 0 Å². The maximum absolute atomic E-state index is 13.1. The van der Waals surface area contributed by atoms with Crippen molar-refractivity contribution in [1.29, 1.82) is 0 Å².